The third-order valence-corrected chi connectivity index (χ3v) is 1.50. The Morgan fingerprint density at radius 3 is 1.77 bits per heavy atom. The molecule has 0 aliphatic heterocycles. The second kappa shape index (κ2) is 9.78. The van der Waals surface area contributed by atoms with Gasteiger partial charge in [0.15, 0.2) is 0 Å². The summed E-state index contributed by atoms with van der Waals surface area (Å²) in [6, 6.07) is 0. The topological polar surface area (TPSA) is 0 Å². The van der Waals surface area contributed by atoms with Crippen LogP contribution in [0.3, 0.4) is 0 Å². The predicted molar refractivity (Wildman–Crippen MR) is 40.0 cm³/mol. The van der Waals surface area contributed by atoms with E-state index in [0.717, 1.165) is 6.42 Å². The average Bonchev–Trinajstić information content (AvgIpc) is 2.08. The SMILES string of the molecule is CC(C)(C)C1=[C-]CC=C1.[Cl-].[Cl-].[Cl-].[Zr+4]. The minimum atomic E-state index is 0. The summed E-state index contributed by atoms with van der Waals surface area (Å²) in [5.74, 6) is 0. The molecule has 0 unspecified atom stereocenters. The molecule has 1 aliphatic rings. The Morgan fingerprint density at radius 2 is 1.62 bits per heavy atom. The average molecular weight is 319 g/mol. The van der Waals surface area contributed by atoms with Crippen molar-refractivity contribution in [2.75, 3.05) is 0 Å². The Labute approximate surface area is 119 Å². The van der Waals surface area contributed by atoms with Crippen LogP contribution in [0.5, 0.6) is 0 Å². The molecule has 0 radical (unpaired) electrons. The first kappa shape index (κ1) is 23.8. The minimum absolute atomic E-state index is 0. The van der Waals surface area contributed by atoms with Crippen LogP contribution in [0.15, 0.2) is 17.7 Å². The molecule has 0 aromatic rings. The van der Waals surface area contributed by atoms with Gasteiger partial charge in [-0.15, -0.1) is 6.42 Å². The molecule has 0 atom stereocenters. The quantitative estimate of drug-likeness (QED) is 0.390. The van der Waals surface area contributed by atoms with Crippen LogP contribution < -0.4 is 37.2 Å². The van der Waals surface area contributed by atoms with Gasteiger partial charge in [-0.2, -0.15) is 6.08 Å². The zero-order valence-corrected chi connectivity index (χ0v) is 12.7. The van der Waals surface area contributed by atoms with Gasteiger partial charge in [-0.3, -0.25) is 6.08 Å². The van der Waals surface area contributed by atoms with Gasteiger partial charge in [0.25, 0.3) is 0 Å². The Balaban J connectivity index is -0.000000101. The van der Waals surface area contributed by atoms with Gasteiger partial charge in [0.1, 0.15) is 0 Å². The number of rotatable bonds is 0. The third kappa shape index (κ3) is 8.24. The summed E-state index contributed by atoms with van der Waals surface area (Å²) >= 11 is 0. The van der Waals surface area contributed by atoms with Gasteiger partial charge in [0, 0.05) is 0 Å². The Hall–Kier alpha value is 1.23. The zero-order chi connectivity index (χ0) is 6.91. The van der Waals surface area contributed by atoms with Crippen molar-refractivity contribution in [2.45, 2.75) is 27.2 Å². The molecule has 0 fully saturated rings. The van der Waals surface area contributed by atoms with Gasteiger partial charge < -0.3 is 37.2 Å². The standard InChI is InChI=1S/C9H13.3ClH.Zr/c1-9(2,3)8-6-4-5-7-8;;;;/h4,6H,5H2,1-3H3;3*1H;/q-1;;;;+4/p-3. The maximum absolute atomic E-state index is 3.30. The molecule has 0 bridgehead atoms. The first-order chi connectivity index (χ1) is 4.11. The van der Waals surface area contributed by atoms with E-state index in [4.69, 9.17) is 0 Å². The molecule has 0 aromatic carbocycles. The van der Waals surface area contributed by atoms with Crippen LogP contribution in [-0.4, -0.2) is 0 Å². The van der Waals surface area contributed by atoms with Crippen LogP contribution in [0.25, 0.3) is 0 Å². The molecule has 0 spiro atoms. The summed E-state index contributed by atoms with van der Waals surface area (Å²) in [5, 5.41) is 0. The summed E-state index contributed by atoms with van der Waals surface area (Å²) in [6.07, 6.45) is 8.63. The van der Waals surface area contributed by atoms with Gasteiger partial charge >= 0.3 is 26.2 Å². The van der Waals surface area contributed by atoms with Crippen molar-refractivity contribution in [1.82, 2.24) is 0 Å². The molecule has 1 aliphatic carbocycles. The van der Waals surface area contributed by atoms with E-state index in [9.17, 15) is 0 Å². The molecule has 0 saturated carbocycles. The number of hydrogen-bond donors (Lipinski definition) is 0. The van der Waals surface area contributed by atoms with Crippen LogP contribution in [0.2, 0.25) is 0 Å². The van der Waals surface area contributed by atoms with E-state index in [1.165, 1.54) is 5.57 Å². The van der Waals surface area contributed by atoms with E-state index in [2.05, 4.69) is 39.0 Å². The van der Waals surface area contributed by atoms with E-state index in [1.807, 2.05) is 0 Å². The van der Waals surface area contributed by atoms with Crippen LogP contribution in [0.1, 0.15) is 27.2 Å². The van der Waals surface area contributed by atoms with Crippen molar-refractivity contribution in [3.8, 4) is 0 Å². The minimum Gasteiger partial charge on any atom is -1.00 e. The van der Waals surface area contributed by atoms with Gasteiger partial charge in [0.2, 0.25) is 0 Å². The van der Waals surface area contributed by atoms with Crippen molar-refractivity contribution >= 4 is 0 Å². The maximum atomic E-state index is 3.30. The fourth-order valence-corrected chi connectivity index (χ4v) is 0.920. The zero-order valence-electron chi connectivity index (χ0n) is 8.00. The van der Waals surface area contributed by atoms with Crippen LogP contribution in [0.4, 0.5) is 0 Å². The largest absolute Gasteiger partial charge is 4.00 e. The number of halogens is 3. The maximum Gasteiger partial charge on any atom is 4.00 e. The second-order valence-corrected chi connectivity index (χ2v) is 3.45. The monoisotopic (exact) mass is 316 g/mol. The second-order valence-electron chi connectivity index (χ2n) is 3.45. The molecular formula is C9H13Cl3Zr. The van der Waals surface area contributed by atoms with Gasteiger partial charge in [-0.1, -0.05) is 20.8 Å². The summed E-state index contributed by atoms with van der Waals surface area (Å²) in [5.41, 5.74) is 1.65. The van der Waals surface area contributed by atoms with Crippen molar-refractivity contribution in [2.24, 2.45) is 5.41 Å². The molecule has 0 N–H and O–H groups in total. The van der Waals surface area contributed by atoms with Crippen molar-refractivity contribution in [1.29, 1.82) is 0 Å². The van der Waals surface area contributed by atoms with Crippen LogP contribution >= 0.6 is 0 Å². The first-order valence-corrected chi connectivity index (χ1v) is 3.38. The molecule has 0 heterocycles. The van der Waals surface area contributed by atoms with E-state index in [1.54, 1.807) is 0 Å². The Bertz CT molecular complexity index is 168. The Kier molecular flexibility index (Phi) is 17.9. The molecule has 1 rings (SSSR count). The molecule has 0 aromatic heterocycles. The fourth-order valence-electron chi connectivity index (χ4n) is 0.920. The normalized spacial score (nSPS) is 12.7. The fraction of sp³-hybridized carbons (Fsp3) is 0.556. The van der Waals surface area contributed by atoms with E-state index >= 15 is 0 Å². The molecule has 0 amide bonds. The molecule has 74 valence electrons. The van der Waals surface area contributed by atoms with E-state index in [0.29, 0.717) is 5.41 Å². The van der Waals surface area contributed by atoms with Crippen molar-refractivity contribution < 1.29 is 63.4 Å². The first-order valence-electron chi connectivity index (χ1n) is 3.38. The van der Waals surface area contributed by atoms with Crippen molar-refractivity contribution in [3.63, 3.8) is 0 Å². The van der Waals surface area contributed by atoms with E-state index < -0.39 is 0 Å². The Morgan fingerprint density at radius 1 is 1.15 bits per heavy atom. The number of hydrogen-bond acceptors (Lipinski definition) is 0. The van der Waals surface area contributed by atoms with Crippen molar-refractivity contribution in [3.05, 3.63) is 23.8 Å². The smallest absolute Gasteiger partial charge is 1.00 e. The van der Waals surface area contributed by atoms with Gasteiger partial charge in [-0.25, -0.2) is 11.6 Å². The molecular weight excluding hydrogens is 306 g/mol. The molecule has 0 nitrogen and oxygen atoms in total. The van der Waals surface area contributed by atoms with Gasteiger partial charge in [-0.05, 0) is 5.41 Å². The molecule has 0 saturated heterocycles. The molecule has 13 heavy (non-hydrogen) atoms. The third-order valence-electron chi connectivity index (χ3n) is 1.50. The molecule has 4 heteroatoms. The van der Waals surface area contributed by atoms with Crippen LogP contribution in [-0.2, 0) is 26.2 Å². The number of allylic oxidation sites excluding steroid dienone is 4. The van der Waals surface area contributed by atoms with Gasteiger partial charge in [0.05, 0.1) is 0 Å². The predicted octanol–water partition coefficient (Wildman–Crippen LogP) is -6.27. The summed E-state index contributed by atoms with van der Waals surface area (Å²) in [6.45, 7) is 6.64. The summed E-state index contributed by atoms with van der Waals surface area (Å²) in [7, 11) is 0. The van der Waals surface area contributed by atoms with E-state index in [-0.39, 0.29) is 63.4 Å². The summed E-state index contributed by atoms with van der Waals surface area (Å²) in [4.78, 5) is 0. The summed E-state index contributed by atoms with van der Waals surface area (Å²) < 4.78 is 0. The van der Waals surface area contributed by atoms with Crippen LogP contribution in [0, 0.1) is 11.5 Å².